The van der Waals surface area contributed by atoms with Crippen LogP contribution in [0.5, 0.6) is 0 Å². The van der Waals surface area contributed by atoms with Crippen LogP contribution in [0, 0.1) is 6.92 Å². The summed E-state index contributed by atoms with van der Waals surface area (Å²) < 4.78 is 10.7. The van der Waals surface area contributed by atoms with Gasteiger partial charge < -0.3 is 14.1 Å². The zero-order valence-electron chi connectivity index (χ0n) is 13.4. The van der Waals surface area contributed by atoms with Gasteiger partial charge in [-0.05, 0) is 24.4 Å². The molecule has 0 saturated heterocycles. The standard InChI is InChI=1S/C18H17NO4S/c1-12-14-7-3-4-8-15(14)23-17(12)18(21)22-11-16(20)19(2)10-13-6-5-9-24-13/h3-9H,10-11H2,1-2H3. The minimum Gasteiger partial charge on any atom is -0.450 e. The molecule has 0 spiro atoms. The van der Waals surface area contributed by atoms with Gasteiger partial charge in [0, 0.05) is 22.9 Å². The fourth-order valence-electron chi connectivity index (χ4n) is 2.40. The second-order valence-corrected chi connectivity index (χ2v) is 6.49. The number of furan rings is 1. The average molecular weight is 343 g/mol. The quantitative estimate of drug-likeness (QED) is 0.664. The first-order chi connectivity index (χ1) is 11.6. The van der Waals surface area contributed by atoms with Crippen molar-refractivity contribution in [3.05, 3.63) is 58.0 Å². The summed E-state index contributed by atoms with van der Waals surface area (Å²) in [6.07, 6.45) is 0. The minimum atomic E-state index is -0.624. The summed E-state index contributed by atoms with van der Waals surface area (Å²) in [5, 5.41) is 2.82. The highest BCUT2D eigenvalue weighted by Gasteiger charge is 2.20. The predicted molar refractivity (Wildman–Crippen MR) is 92.0 cm³/mol. The van der Waals surface area contributed by atoms with Crippen LogP contribution in [0.2, 0.25) is 0 Å². The predicted octanol–water partition coefficient (Wildman–Crippen LogP) is 3.62. The third kappa shape index (κ3) is 3.33. The Balaban J connectivity index is 1.62. The van der Waals surface area contributed by atoms with Crippen molar-refractivity contribution in [2.45, 2.75) is 13.5 Å². The lowest BCUT2D eigenvalue weighted by Gasteiger charge is -2.15. The molecule has 0 aliphatic carbocycles. The molecule has 3 aromatic rings. The lowest BCUT2D eigenvalue weighted by Crippen LogP contribution is -2.30. The second kappa shape index (κ2) is 6.88. The summed E-state index contributed by atoms with van der Waals surface area (Å²) in [5.41, 5.74) is 1.35. The van der Waals surface area contributed by atoms with Gasteiger partial charge in [-0.15, -0.1) is 11.3 Å². The van der Waals surface area contributed by atoms with Gasteiger partial charge in [0.1, 0.15) is 5.58 Å². The Morgan fingerprint density at radius 1 is 1.21 bits per heavy atom. The van der Waals surface area contributed by atoms with E-state index in [2.05, 4.69) is 0 Å². The van der Waals surface area contributed by atoms with Crippen LogP contribution in [0.25, 0.3) is 11.0 Å². The summed E-state index contributed by atoms with van der Waals surface area (Å²) in [7, 11) is 1.68. The molecule has 124 valence electrons. The van der Waals surface area contributed by atoms with Crippen molar-refractivity contribution >= 4 is 34.2 Å². The molecule has 0 bridgehead atoms. The van der Waals surface area contributed by atoms with Gasteiger partial charge in [-0.3, -0.25) is 4.79 Å². The van der Waals surface area contributed by atoms with Gasteiger partial charge in [-0.1, -0.05) is 24.3 Å². The molecule has 0 aliphatic rings. The van der Waals surface area contributed by atoms with Crippen molar-refractivity contribution in [3.8, 4) is 0 Å². The monoisotopic (exact) mass is 343 g/mol. The summed E-state index contributed by atoms with van der Waals surface area (Å²) >= 11 is 1.58. The Labute approximate surface area is 143 Å². The van der Waals surface area contributed by atoms with Gasteiger partial charge >= 0.3 is 5.97 Å². The highest BCUT2D eigenvalue weighted by atomic mass is 32.1. The van der Waals surface area contributed by atoms with Gasteiger partial charge in [0.25, 0.3) is 5.91 Å². The number of thiophene rings is 1. The second-order valence-electron chi connectivity index (χ2n) is 5.46. The van der Waals surface area contributed by atoms with E-state index in [9.17, 15) is 9.59 Å². The molecule has 6 heteroatoms. The molecule has 2 heterocycles. The van der Waals surface area contributed by atoms with E-state index < -0.39 is 5.97 Å². The van der Waals surface area contributed by atoms with Gasteiger partial charge in [-0.25, -0.2) is 4.79 Å². The van der Waals surface area contributed by atoms with Crippen LogP contribution >= 0.6 is 11.3 Å². The molecule has 0 fully saturated rings. The van der Waals surface area contributed by atoms with Crippen LogP contribution in [0.1, 0.15) is 21.0 Å². The van der Waals surface area contributed by atoms with Crippen LogP contribution in [-0.4, -0.2) is 30.4 Å². The first kappa shape index (κ1) is 16.3. The molecule has 3 rings (SSSR count). The van der Waals surface area contributed by atoms with Crippen molar-refractivity contribution in [1.82, 2.24) is 4.90 Å². The number of rotatable bonds is 5. The van der Waals surface area contributed by atoms with Crippen molar-refractivity contribution in [2.24, 2.45) is 0 Å². The molecule has 1 amide bonds. The van der Waals surface area contributed by atoms with E-state index >= 15 is 0 Å². The Morgan fingerprint density at radius 2 is 2.00 bits per heavy atom. The first-order valence-electron chi connectivity index (χ1n) is 7.48. The van der Waals surface area contributed by atoms with Crippen molar-refractivity contribution in [1.29, 1.82) is 0 Å². The van der Waals surface area contributed by atoms with Gasteiger partial charge in [-0.2, -0.15) is 0 Å². The molecular weight excluding hydrogens is 326 g/mol. The van der Waals surface area contributed by atoms with E-state index in [0.29, 0.717) is 12.1 Å². The third-order valence-corrected chi connectivity index (χ3v) is 4.62. The fourth-order valence-corrected chi connectivity index (χ4v) is 3.15. The normalized spacial score (nSPS) is 10.8. The molecule has 0 atom stereocenters. The molecule has 2 aromatic heterocycles. The molecule has 0 N–H and O–H groups in total. The number of amides is 1. The number of fused-ring (bicyclic) bond motifs is 1. The smallest absolute Gasteiger partial charge is 0.375 e. The summed E-state index contributed by atoms with van der Waals surface area (Å²) in [6.45, 7) is 1.99. The van der Waals surface area contributed by atoms with Gasteiger partial charge in [0.15, 0.2) is 6.61 Å². The van der Waals surface area contributed by atoms with E-state index in [1.54, 1.807) is 31.4 Å². The van der Waals surface area contributed by atoms with E-state index in [1.165, 1.54) is 4.90 Å². The van der Waals surface area contributed by atoms with E-state index in [1.807, 2.05) is 35.7 Å². The van der Waals surface area contributed by atoms with Crippen LogP contribution in [0.15, 0.2) is 46.2 Å². The van der Waals surface area contributed by atoms with Crippen molar-refractivity contribution in [2.75, 3.05) is 13.7 Å². The largest absolute Gasteiger partial charge is 0.450 e. The summed E-state index contributed by atoms with van der Waals surface area (Å²) in [4.78, 5) is 26.9. The maximum absolute atomic E-state index is 12.2. The van der Waals surface area contributed by atoms with Crippen LogP contribution < -0.4 is 0 Å². The molecule has 5 nitrogen and oxygen atoms in total. The summed E-state index contributed by atoms with van der Waals surface area (Å²) in [6, 6.07) is 11.3. The fraction of sp³-hybridized carbons (Fsp3) is 0.222. The lowest BCUT2D eigenvalue weighted by molar-refractivity contribution is -0.133. The van der Waals surface area contributed by atoms with Crippen LogP contribution in [0.3, 0.4) is 0 Å². The molecule has 0 saturated carbocycles. The van der Waals surface area contributed by atoms with E-state index in [-0.39, 0.29) is 18.3 Å². The topological polar surface area (TPSA) is 59.8 Å². The number of benzene rings is 1. The molecule has 0 aliphatic heterocycles. The van der Waals surface area contributed by atoms with Crippen LogP contribution in [0.4, 0.5) is 0 Å². The number of carbonyl (C=O) groups is 2. The number of likely N-dealkylation sites (N-methyl/N-ethyl adjacent to an activating group) is 1. The van der Waals surface area contributed by atoms with E-state index in [4.69, 9.17) is 9.15 Å². The maximum atomic E-state index is 12.2. The first-order valence-corrected chi connectivity index (χ1v) is 8.36. The number of hydrogen-bond donors (Lipinski definition) is 0. The molecule has 24 heavy (non-hydrogen) atoms. The van der Waals surface area contributed by atoms with Crippen molar-refractivity contribution < 1.29 is 18.7 Å². The Kier molecular flexibility index (Phi) is 4.66. The lowest BCUT2D eigenvalue weighted by atomic mass is 10.1. The van der Waals surface area contributed by atoms with Gasteiger partial charge in [0.2, 0.25) is 5.76 Å². The van der Waals surface area contributed by atoms with Gasteiger partial charge in [0.05, 0.1) is 6.54 Å². The van der Waals surface area contributed by atoms with Crippen LogP contribution in [-0.2, 0) is 16.1 Å². The molecule has 0 radical (unpaired) electrons. The number of hydrogen-bond acceptors (Lipinski definition) is 5. The van der Waals surface area contributed by atoms with Crippen molar-refractivity contribution in [3.63, 3.8) is 0 Å². The zero-order valence-corrected chi connectivity index (χ0v) is 14.3. The molecule has 1 aromatic carbocycles. The average Bonchev–Trinajstić information content (AvgIpc) is 3.20. The zero-order chi connectivity index (χ0) is 17.1. The summed E-state index contributed by atoms with van der Waals surface area (Å²) in [5.74, 6) is -0.739. The Morgan fingerprint density at radius 3 is 2.71 bits per heavy atom. The molecule has 0 unspecified atom stereocenters. The number of esters is 1. The molecular formula is C18H17NO4S. The Hall–Kier alpha value is -2.60. The SMILES string of the molecule is Cc1c(C(=O)OCC(=O)N(C)Cc2cccs2)oc2ccccc12. The highest BCUT2D eigenvalue weighted by molar-refractivity contribution is 7.09. The Bertz CT molecular complexity index is 866. The number of para-hydroxylation sites is 1. The maximum Gasteiger partial charge on any atom is 0.375 e. The number of aryl methyl sites for hydroxylation is 1. The number of carbonyl (C=O) groups excluding carboxylic acids is 2. The van der Waals surface area contributed by atoms with E-state index in [0.717, 1.165) is 15.8 Å². The number of nitrogens with zero attached hydrogens (tertiary/aromatic N) is 1. The number of ether oxygens (including phenoxy) is 1. The minimum absolute atomic E-state index is 0.143. The third-order valence-electron chi connectivity index (χ3n) is 3.75. The highest BCUT2D eigenvalue weighted by Crippen LogP contribution is 2.25.